The maximum absolute atomic E-state index is 11.8. The van der Waals surface area contributed by atoms with Crippen LogP contribution >= 0.6 is 11.8 Å². The molecule has 1 saturated carbocycles. The zero-order chi connectivity index (χ0) is 15.9. The van der Waals surface area contributed by atoms with Gasteiger partial charge in [-0.3, -0.25) is 4.79 Å². The summed E-state index contributed by atoms with van der Waals surface area (Å²) in [4.78, 5) is 11.8. The fourth-order valence-corrected chi connectivity index (χ4v) is 3.71. The van der Waals surface area contributed by atoms with Crippen molar-refractivity contribution in [2.45, 2.75) is 69.2 Å². The second-order valence-electron chi connectivity index (χ2n) is 5.97. The van der Waals surface area contributed by atoms with Gasteiger partial charge < -0.3 is 11.2 Å². The Kier molecular flexibility index (Phi) is 6.54. The largest absolute Gasteiger partial charge is 0.355 e. The number of thioether (sulfide) groups is 1. The van der Waals surface area contributed by atoms with E-state index in [0.717, 1.165) is 24.6 Å². The van der Waals surface area contributed by atoms with Gasteiger partial charge in [0.25, 0.3) is 0 Å². The van der Waals surface area contributed by atoms with Crippen LogP contribution < -0.4 is 11.2 Å². The molecule has 0 saturated heterocycles. The minimum atomic E-state index is -0.224. The lowest BCUT2D eigenvalue weighted by atomic mass is 9.86. The molecule has 7 heteroatoms. The minimum absolute atomic E-state index is 0.000689. The van der Waals surface area contributed by atoms with E-state index in [9.17, 15) is 4.79 Å². The predicted molar refractivity (Wildman–Crippen MR) is 89.1 cm³/mol. The highest BCUT2D eigenvalue weighted by Crippen LogP contribution is 2.27. The summed E-state index contributed by atoms with van der Waals surface area (Å²) in [6.45, 7) is 4.39. The Balaban J connectivity index is 1.87. The zero-order valence-corrected chi connectivity index (χ0v) is 14.4. The van der Waals surface area contributed by atoms with Gasteiger partial charge in [-0.15, -0.1) is 10.2 Å². The lowest BCUT2D eigenvalue weighted by Crippen LogP contribution is -2.31. The van der Waals surface area contributed by atoms with Crippen LogP contribution in [0.3, 0.4) is 0 Å². The van der Waals surface area contributed by atoms with Crippen LogP contribution in [-0.2, 0) is 11.2 Å². The van der Waals surface area contributed by atoms with Gasteiger partial charge in [0.15, 0.2) is 5.82 Å². The number of nitrogen functional groups attached to an aromatic ring is 1. The van der Waals surface area contributed by atoms with Gasteiger partial charge >= 0.3 is 0 Å². The molecular formula is C15H27N5OS. The van der Waals surface area contributed by atoms with Crippen LogP contribution in [0, 0.1) is 5.92 Å². The number of aryl methyl sites for hydroxylation is 1. The first-order valence-electron chi connectivity index (χ1n) is 8.25. The highest BCUT2D eigenvalue weighted by molar-refractivity contribution is 8.00. The molecule has 0 bridgehead atoms. The number of nitrogens with one attached hydrogen (secondary N) is 1. The van der Waals surface area contributed by atoms with Crippen molar-refractivity contribution < 1.29 is 4.79 Å². The Morgan fingerprint density at radius 2 is 2.14 bits per heavy atom. The van der Waals surface area contributed by atoms with E-state index in [1.807, 2.05) is 13.8 Å². The molecule has 1 aromatic heterocycles. The minimum Gasteiger partial charge on any atom is -0.355 e. The van der Waals surface area contributed by atoms with E-state index in [0.29, 0.717) is 11.7 Å². The molecule has 124 valence electrons. The molecule has 1 aromatic rings. The van der Waals surface area contributed by atoms with Crippen LogP contribution in [0.2, 0.25) is 0 Å². The summed E-state index contributed by atoms with van der Waals surface area (Å²) in [6, 6.07) is 0. The lowest BCUT2D eigenvalue weighted by Gasteiger charge is -2.20. The van der Waals surface area contributed by atoms with Crippen molar-refractivity contribution in [3.05, 3.63) is 5.82 Å². The molecule has 0 radical (unpaired) electrons. The fourth-order valence-electron chi connectivity index (χ4n) is 2.90. The first-order valence-corrected chi connectivity index (χ1v) is 9.13. The number of rotatable bonds is 7. The topological polar surface area (TPSA) is 85.8 Å². The van der Waals surface area contributed by atoms with Crippen molar-refractivity contribution in [1.82, 2.24) is 20.2 Å². The lowest BCUT2D eigenvalue weighted by molar-refractivity contribution is -0.120. The van der Waals surface area contributed by atoms with E-state index in [2.05, 4.69) is 15.5 Å². The van der Waals surface area contributed by atoms with Crippen LogP contribution in [0.1, 0.15) is 58.2 Å². The smallest absolute Gasteiger partial charge is 0.233 e. The van der Waals surface area contributed by atoms with Crippen molar-refractivity contribution in [3.63, 3.8) is 0 Å². The number of aromatic nitrogens is 3. The second-order valence-corrected chi connectivity index (χ2v) is 7.27. The number of amides is 1. The third kappa shape index (κ3) is 4.63. The highest BCUT2D eigenvalue weighted by atomic mass is 32.2. The summed E-state index contributed by atoms with van der Waals surface area (Å²) in [5.41, 5.74) is 0. The van der Waals surface area contributed by atoms with Gasteiger partial charge in [-0.05, 0) is 26.2 Å². The quantitative estimate of drug-likeness (QED) is 0.592. The molecule has 1 aliphatic carbocycles. The number of hydrogen-bond acceptors (Lipinski definition) is 5. The van der Waals surface area contributed by atoms with Crippen LogP contribution in [0.15, 0.2) is 5.16 Å². The Hall–Kier alpha value is -1.24. The fraction of sp³-hybridized carbons (Fsp3) is 0.800. The molecule has 6 nitrogen and oxygen atoms in total. The number of carbonyl (C=O) groups is 1. The molecule has 0 aromatic carbocycles. The van der Waals surface area contributed by atoms with Crippen molar-refractivity contribution in [2.24, 2.45) is 5.92 Å². The van der Waals surface area contributed by atoms with Crippen LogP contribution in [-0.4, -0.2) is 32.6 Å². The zero-order valence-electron chi connectivity index (χ0n) is 13.5. The van der Waals surface area contributed by atoms with Crippen LogP contribution in [0.4, 0.5) is 0 Å². The molecule has 22 heavy (non-hydrogen) atoms. The molecule has 0 unspecified atom stereocenters. The number of nitrogens with two attached hydrogens (primary N) is 1. The van der Waals surface area contributed by atoms with Crippen LogP contribution in [0.5, 0.6) is 0 Å². The number of hydrogen-bond donors (Lipinski definition) is 2. The average molecular weight is 325 g/mol. The second kappa shape index (κ2) is 8.41. The third-order valence-electron chi connectivity index (χ3n) is 4.24. The molecule has 1 atom stereocenters. The monoisotopic (exact) mass is 325 g/mol. The van der Waals surface area contributed by atoms with Gasteiger partial charge in [-0.2, -0.15) is 0 Å². The van der Waals surface area contributed by atoms with Crippen molar-refractivity contribution in [2.75, 3.05) is 12.4 Å². The van der Waals surface area contributed by atoms with E-state index in [1.54, 1.807) is 4.68 Å². The van der Waals surface area contributed by atoms with E-state index in [4.69, 9.17) is 5.84 Å². The van der Waals surface area contributed by atoms with Gasteiger partial charge in [-0.1, -0.05) is 43.9 Å². The molecule has 0 aliphatic heterocycles. The Labute approximate surface area is 136 Å². The van der Waals surface area contributed by atoms with E-state index in [1.165, 1.54) is 43.9 Å². The first-order chi connectivity index (χ1) is 10.6. The standard InChI is InChI=1S/C15H27N5OS/c1-3-17-14(21)11(2)22-15-19-18-13(20(15)16)10-9-12-7-5-4-6-8-12/h11-12H,3-10,16H2,1-2H3,(H,17,21)/t11-/m1/s1. The first kappa shape index (κ1) is 17.1. The number of nitrogens with zero attached hydrogens (tertiary/aromatic N) is 3. The molecule has 2 rings (SSSR count). The summed E-state index contributed by atoms with van der Waals surface area (Å²) in [5.74, 6) is 7.70. The maximum atomic E-state index is 11.8. The summed E-state index contributed by atoms with van der Waals surface area (Å²) in [5, 5.41) is 11.5. The summed E-state index contributed by atoms with van der Waals surface area (Å²) >= 11 is 1.35. The van der Waals surface area contributed by atoms with E-state index >= 15 is 0 Å². The maximum Gasteiger partial charge on any atom is 0.233 e. The summed E-state index contributed by atoms with van der Waals surface area (Å²) < 4.78 is 1.54. The molecule has 0 spiro atoms. The van der Waals surface area contributed by atoms with E-state index in [-0.39, 0.29) is 11.2 Å². The molecule has 1 amide bonds. The molecular weight excluding hydrogens is 298 g/mol. The van der Waals surface area contributed by atoms with Crippen molar-refractivity contribution >= 4 is 17.7 Å². The molecule has 1 fully saturated rings. The average Bonchev–Trinajstić information content (AvgIpc) is 2.87. The van der Waals surface area contributed by atoms with E-state index < -0.39 is 0 Å². The summed E-state index contributed by atoms with van der Waals surface area (Å²) in [7, 11) is 0. The normalized spacial score (nSPS) is 17.4. The van der Waals surface area contributed by atoms with Gasteiger partial charge in [-0.25, -0.2) is 4.68 Å². The van der Waals surface area contributed by atoms with Gasteiger partial charge in [0.1, 0.15) is 0 Å². The van der Waals surface area contributed by atoms with Crippen LogP contribution in [0.25, 0.3) is 0 Å². The third-order valence-corrected chi connectivity index (χ3v) is 5.30. The SMILES string of the molecule is CCNC(=O)[C@@H](C)Sc1nnc(CCC2CCCCC2)n1N. The molecule has 3 N–H and O–H groups in total. The predicted octanol–water partition coefficient (Wildman–Crippen LogP) is 2.12. The Bertz CT molecular complexity index is 484. The Morgan fingerprint density at radius 3 is 2.82 bits per heavy atom. The molecule has 1 heterocycles. The summed E-state index contributed by atoms with van der Waals surface area (Å²) in [6.07, 6.45) is 8.73. The highest BCUT2D eigenvalue weighted by Gasteiger charge is 2.20. The van der Waals surface area contributed by atoms with Crippen molar-refractivity contribution in [1.29, 1.82) is 0 Å². The number of carbonyl (C=O) groups excluding carboxylic acids is 1. The molecule has 1 aliphatic rings. The van der Waals surface area contributed by atoms with Gasteiger partial charge in [0.2, 0.25) is 11.1 Å². The van der Waals surface area contributed by atoms with Crippen molar-refractivity contribution in [3.8, 4) is 0 Å². The van der Waals surface area contributed by atoms with Gasteiger partial charge in [0, 0.05) is 13.0 Å². The van der Waals surface area contributed by atoms with Gasteiger partial charge in [0.05, 0.1) is 5.25 Å². The Morgan fingerprint density at radius 1 is 1.41 bits per heavy atom.